The number of nitriles is 2. The monoisotopic (exact) mass is 407 g/mol. The Balaban J connectivity index is 1.85. The van der Waals surface area contributed by atoms with Gasteiger partial charge in [0.05, 0.1) is 18.7 Å². The van der Waals surface area contributed by atoms with Crippen LogP contribution in [-0.4, -0.2) is 37.2 Å². The second-order valence-corrected chi connectivity index (χ2v) is 8.05. The lowest BCUT2D eigenvalue weighted by molar-refractivity contribution is -0.141. The van der Waals surface area contributed by atoms with Crippen LogP contribution in [0.5, 0.6) is 0 Å². The Bertz CT molecular complexity index is 913. The summed E-state index contributed by atoms with van der Waals surface area (Å²) in [6.45, 7) is 7.02. The van der Waals surface area contributed by atoms with Crippen LogP contribution < -0.4 is 5.32 Å². The molecule has 1 saturated heterocycles. The number of esters is 2. The van der Waals surface area contributed by atoms with Crippen LogP contribution in [0.4, 0.5) is 0 Å². The van der Waals surface area contributed by atoms with E-state index in [0.29, 0.717) is 0 Å². The first-order valence-corrected chi connectivity index (χ1v) is 10.0. The summed E-state index contributed by atoms with van der Waals surface area (Å²) < 4.78 is 9.99. The van der Waals surface area contributed by atoms with Crippen molar-refractivity contribution in [2.24, 2.45) is 23.2 Å². The number of ether oxygens (including phenoxy) is 2. The van der Waals surface area contributed by atoms with E-state index in [4.69, 9.17) is 9.47 Å². The van der Waals surface area contributed by atoms with Gasteiger partial charge in [0, 0.05) is 44.2 Å². The second kappa shape index (κ2) is 8.74. The molecule has 2 heterocycles. The zero-order valence-electron chi connectivity index (χ0n) is 17.2. The van der Waals surface area contributed by atoms with Crippen molar-refractivity contribution in [3.05, 3.63) is 23.8 Å². The molecule has 7 heteroatoms. The summed E-state index contributed by atoms with van der Waals surface area (Å²) in [5, 5.41) is 23.6. The van der Waals surface area contributed by atoms with Gasteiger partial charge in [-0.15, -0.1) is 0 Å². The molecule has 1 saturated carbocycles. The maximum atomic E-state index is 11.2. The molecule has 3 aliphatic rings. The molecule has 5 atom stereocenters. The van der Waals surface area contributed by atoms with Gasteiger partial charge in [-0.1, -0.05) is 30.1 Å². The fraction of sp³-hybridized carbons (Fsp3) is 0.565. The van der Waals surface area contributed by atoms with E-state index in [1.807, 2.05) is 6.08 Å². The lowest BCUT2D eigenvalue weighted by Gasteiger charge is -2.36. The van der Waals surface area contributed by atoms with Crippen molar-refractivity contribution in [2.45, 2.75) is 45.2 Å². The van der Waals surface area contributed by atoms with E-state index in [-0.39, 0.29) is 55.4 Å². The zero-order chi connectivity index (χ0) is 21.9. The van der Waals surface area contributed by atoms with E-state index >= 15 is 0 Å². The fourth-order valence-electron chi connectivity index (χ4n) is 4.65. The van der Waals surface area contributed by atoms with Crippen molar-refractivity contribution in [1.29, 1.82) is 10.5 Å². The first-order chi connectivity index (χ1) is 14.3. The van der Waals surface area contributed by atoms with Crippen molar-refractivity contribution < 1.29 is 19.1 Å². The predicted octanol–water partition coefficient (Wildman–Crippen LogP) is 2.02. The topological polar surface area (TPSA) is 112 Å². The molecule has 2 aliphatic heterocycles. The summed E-state index contributed by atoms with van der Waals surface area (Å²) in [4.78, 5) is 22.1. The number of carbonyl (C=O) groups is 2. The van der Waals surface area contributed by atoms with Crippen LogP contribution in [0.15, 0.2) is 23.8 Å². The third-order valence-corrected chi connectivity index (χ3v) is 6.17. The van der Waals surface area contributed by atoms with E-state index in [9.17, 15) is 20.1 Å². The van der Waals surface area contributed by atoms with Crippen LogP contribution >= 0.6 is 0 Å². The molecule has 156 valence electrons. The molecule has 1 aliphatic carbocycles. The van der Waals surface area contributed by atoms with Gasteiger partial charge in [-0.2, -0.15) is 10.5 Å². The van der Waals surface area contributed by atoms with Crippen LogP contribution in [0.2, 0.25) is 0 Å². The molecule has 0 amide bonds. The maximum absolute atomic E-state index is 11.2. The van der Waals surface area contributed by atoms with Gasteiger partial charge < -0.3 is 14.8 Å². The minimum absolute atomic E-state index is 0.0337. The van der Waals surface area contributed by atoms with Gasteiger partial charge in [0.15, 0.2) is 12.0 Å². The highest BCUT2D eigenvalue weighted by atomic mass is 16.5. The Morgan fingerprint density at radius 2 is 1.87 bits per heavy atom. The van der Waals surface area contributed by atoms with E-state index < -0.39 is 11.4 Å². The molecule has 0 aromatic heterocycles. The molecule has 30 heavy (non-hydrogen) atoms. The van der Waals surface area contributed by atoms with Gasteiger partial charge in [-0.3, -0.25) is 9.59 Å². The quantitative estimate of drug-likeness (QED) is 0.407. The Hall–Kier alpha value is -3.08. The van der Waals surface area contributed by atoms with Gasteiger partial charge in [-0.25, -0.2) is 0 Å². The van der Waals surface area contributed by atoms with Crippen LogP contribution in [0.3, 0.4) is 0 Å². The Morgan fingerprint density at radius 1 is 1.17 bits per heavy atom. The number of fused-ring (bicyclic) bond motifs is 2. The van der Waals surface area contributed by atoms with Crippen molar-refractivity contribution in [3.8, 4) is 24.0 Å². The average molecular weight is 407 g/mol. The van der Waals surface area contributed by atoms with Gasteiger partial charge in [0.2, 0.25) is 0 Å². The van der Waals surface area contributed by atoms with Gasteiger partial charge in [-0.05, 0) is 24.3 Å². The minimum atomic E-state index is -1.38. The minimum Gasteiger partial charge on any atom is -0.465 e. The molecular weight excluding hydrogens is 382 g/mol. The molecule has 3 rings (SSSR count). The van der Waals surface area contributed by atoms with Crippen molar-refractivity contribution in [2.75, 3.05) is 13.2 Å². The Morgan fingerprint density at radius 3 is 2.50 bits per heavy atom. The second-order valence-electron chi connectivity index (χ2n) is 8.05. The summed E-state index contributed by atoms with van der Waals surface area (Å²) in [5.41, 5.74) is 0.396. The van der Waals surface area contributed by atoms with E-state index in [0.717, 1.165) is 24.0 Å². The van der Waals surface area contributed by atoms with Crippen molar-refractivity contribution in [1.82, 2.24) is 5.32 Å². The smallest absolute Gasteiger partial charge is 0.303 e. The first kappa shape index (κ1) is 21.6. The molecule has 0 aromatic rings. The molecule has 2 unspecified atom stereocenters. The van der Waals surface area contributed by atoms with Gasteiger partial charge in [0.25, 0.3) is 0 Å². The Labute approximate surface area is 176 Å². The van der Waals surface area contributed by atoms with E-state index in [1.165, 1.54) is 13.8 Å². The summed E-state index contributed by atoms with van der Waals surface area (Å²) in [6.07, 6.45) is 3.95. The van der Waals surface area contributed by atoms with E-state index in [2.05, 4.69) is 35.9 Å². The van der Waals surface area contributed by atoms with Crippen molar-refractivity contribution in [3.63, 3.8) is 0 Å². The summed E-state index contributed by atoms with van der Waals surface area (Å²) in [5.74, 6) is 4.82. The summed E-state index contributed by atoms with van der Waals surface area (Å²) in [6, 6.07) is 4.71. The molecule has 2 fully saturated rings. The van der Waals surface area contributed by atoms with Crippen LogP contribution in [0.1, 0.15) is 33.1 Å². The number of nitrogens with one attached hydrogen (secondary N) is 1. The Kier molecular flexibility index (Phi) is 6.30. The van der Waals surface area contributed by atoms with Crippen molar-refractivity contribution >= 4 is 11.9 Å². The summed E-state index contributed by atoms with van der Waals surface area (Å²) in [7, 11) is 0. The van der Waals surface area contributed by atoms with Gasteiger partial charge >= 0.3 is 11.9 Å². The van der Waals surface area contributed by atoms with Crippen LogP contribution in [-0.2, 0) is 19.1 Å². The molecule has 0 aromatic carbocycles. The molecule has 1 N–H and O–H groups in total. The molecule has 2 bridgehead atoms. The van der Waals surface area contributed by atoms with Crippen LogP contribution in [0.25, 0.3) is 0 Å². The highest BCUT2D eigenvalue weighted by Crippen LogP contribution is 2.58. The number of hydrogen-bond acceptors (Lipinski definition) is 7. The molecule has 0 spiro atoms. The third-order valence-electron chi connectivity index (χ3n) is 6.17. The van der Waals surface area contributed by atoms with Crippen LogP contribution in [0, 0.1) is 57.7 Å². The summed E-state index contributed by atoms with van der Waals surface area (Å²) >= 11 is 0. The number of carbonyl (C=O) groups excluding carboxylic acids is 2. The SMILES string of the molecule is C=C1C(COC(C)=O)C1[C@@H]1C(C(C#N)(C#N)CC#CCOC(C)=O)=C[C@H]2CC[C@@H]1N2. The number of nitrogens with zero attached hydrogens (tertiary/aromatic N) is 2. The van der Waals surface area contributed by atoms with Gasteiger partial charge in [0.1, 0.15) is 0 Å². The largest absolute Gasteiger partial charge is 0.465 e. The van der Waals surface area contributed by atoms with E-state index in [1.54, 1.807) is 0 Å². The standard InChI is InChI=1S/C23H25N3O4/c1-14-18(11-30-16(3)28)21(14)22-19(10-17-6-7-20(22)26-17)23(12-24,13-25)8-4-5-9-29-15(2)27/h10,17-18,20-22,26H,1,6-9,11H2,2-3H3/t17-,18?,20+,21?,22-/m1/s1. The predicted molar refractivity (Wildman–Crippen MR) is 107 cm³/mol. The first-order valence-electron chi connectivity index (χ1n) is 10.0. The maximum Gasteiger partial charge on any atom is 0.303 e. The average Bonchev–Trinajstić information content (AvgIpc) is 3.17. The normalized spacial score (nSPS) is 28.9. The molecule has 0 radical (unpaired) electrons. The highest BCUT2D eigenvalue weighted by Gasteiger charge is 2.57. The lowest BCUT2D eigenvalue weighted by Crippen LogP contribution is -2.45. The lowest BCUT2D eigenvalue weighted by atomic mass is 9.69. The number of rotatable bonds is 6. The number of hydrogen-bond donors (Lipinski definition) is 1. The zero-order valence-corrected chi connectivity index (χ0v) is 17.2. The highest BCUT2D eigenvalue weighted by molar-refractivity contribution is 5.66. The molecular formula is C23H25N3O4. The molecule has 7 nitrogen and oxygen atoms in total. The fourth-order valence-corrected chi connectivity index (χ4v) is 4.65. The third kappa shape index (κ3) is 4.25.